The average molecular weight is 317 g/mol. The Bertz CT molecular complexity index is 786. The highest BCUT2D eigenvalue weighted by molar-refractivity contribution is 5.30. The Labute approximate surface area is 132 Å². The van der Waals surface area contributed by atoms with E-state index in [1.165, 1.54) is 9.36 Å². The lowest BCUT2D eigenvalue weighted by atomic mass is 9.87. The molecule has 0 aliphatic carbocycles. The normalized spacial score (nSPS) is 29.8. The first-order valence-electron chi connectivity index (χ1n) is 7.99. The number of para-hydroxylation sites is 1. The molecule has 4 rings (SSSR count). The number of hydrogen-bond acceptors (Lipinski definition) is 4. The molecule has 2 unspecified atom stereocenters. The minimum atomic E-state index is -1.02. The van der Waals surface area contributed by atoms with Crippen LogP contribution in [0.25, 0.3) is 5.69 Å². The molecule has 122 valence electrons. The van der Waals surface area contributed by atoms with E-state index < -0.39 is 35.7 Å². The van der Waals surface area contributed by atoms with Gasteiger partial charge < -0.3 is 10.2 Å². The summed E-state index contributed by atoms with van der Waals surface area (Å²) >= 11 is 0. The molecule has 0 amide bonds. The predicted octanol–water partition coefficient (Wildman–Crippen LogP) is 0.192. The van der Waals surface area contributed by atoms with Crippen LogP contribution in [0.1, 0.15) is 37.8 Å². The lowest BCUT2D eigenvalue weighted by molar-refractivity contribution is -0.0902. The van der Waals surface area contributed by atoms with Gasteiger partial charge in [0.05, 0.1) is 17.8 Å². The van der Waals surface area contributed by atoms with Gasteiger partial charge in [0, 0.05) is 0 Å². The molecule has 2 aliphatic heterocycles. The fraction of sp³-hybridized carbons (Fsp3) is 0.500. The van der Waals surface area contributed by atoms with Gasteiger partial charge in [-0.1, -0.05) is 31.0 Å². The van der Waals surface area contributed by atoms with Gasteiger partial charge in [0.15, 0.2) is 0 Å². The Morgan fingerprint density at radius 3 is 1.78 bits per heavy atom. The van der Waals surface area contributed by atoms with Crippen molar-refractivity contribution in [1.29, 1.82) is 0 Å². The summed E-state index contributed by atoms with van der Waals surface area (Å²) in [6, 6.07) is 7.62. The van der Waals surface area contributed by atoms with E-state index in [4.69, 9.17) is 0 Å². The van der Waals surface area contributed by atoms with Gasteiger partial charge in [-0.05, 0) is 25.0 Å². The van der Waals surface area contributed by atoms with Crippen LogP contribution in [-0.2, 0) is 0 Å². The van der Waals surface area contributed by atoms with Crippen LogP contribution in [0.15, 0.2) is 39.9 Å². The highest BCUT2D eigenvalue weighted by Gasteiger charge is 2.44. The molecule has 2 aliphatic rings. The zero-order valence-electron chi connectivity index (χ0n) is 12.6. The minimum Gasteiger partial charge on any atom is -0.388 e. The van der Waals surface area contributed by atoms with Gasteiger partial charge in [0.2, 0.25) is 0 Å². The van der Waals surface area contributed by atoms with Crippen LogP contribution in [0.3, 0.4) is 0 Å². The first-order valence-corrected chi connectivity index (χ1v) is 7.99. The Hall–Kier alpha value is -2.12. The van der Waals surface area contributed by atoms with E-state index >= 15 is 0 Å². The number of aromatic nitrogens is 3. The van der Waals surface area contributed by atoms with Crippen LogP contribution in [0, 0.1) is 0 Å². The van der Waals surface area contributed by atoms with Crippen molar-refractivity contribution in [2.75, 3.05) is 0 Å². The molecular formula is C16H19N3O4. The summed E-state index contributed by atoms with van der Waals surface area (Å²) in [5, 5.41) is 20.8. The first kappa shape index (κ1) is 14.5. The molecule has 0 radical (unpaired) electrons. The standard InChI is InChI=1S/C16H19N3O4/c20-13-11-8-4-5-9-12(14(13)21)19-16(23)17(15(22)18(11)19)10-6-2-1-3-7-10/h1-3,6-7,11-14,20-21H,4-5,8-9H2/t11?,12?,13-,14+. The summed E-state index contributed by atoms with van der Waals surface area (Å²) < 4.78 is 3.84. The lowest BCUT2D eigenvalue weighted by Gasteiger charge is -2.41. The van der Waals surface area contributed by atoms with E-state index in [2.05, 4.69) is 0 Å². The Morgan fingerprint density at radius 2 is 1.30 bits per heavy atom. The molecule has 3 heterocycles. The van der Waals surface area contributed by atoms with Crippen LogP contribution in [-0.4, -0.2) is 36.4 Å². The van der Waals surface area contributed by atoms with Crippen molar-refractivity contribution in [3.05, 3.63) is 51.3 Å². The molecule has 1 aromatic heterocycles. The second-order valence-corrected chi connectivity index (χ2v) is 6.33. The first-order chi connectivity index (χ1) is 11.1. The summed E-state index contributed by atoms with van der Waals surface area (Å²) in [7, 11) is 0. The molecular weight excluding hydrogens is 298 g/mol. The van der Waals surface area contributed by atoms with E-state index in [0.29, 0.717) is 18.5 Å². The number of aliphatic hydroxyl groups excluding tert-OH is 2. The van der Waals surface area contributed by atoms with E-state index in [9.17, 15) is 19.8 Å². The maximum Gasteiger partial charge on any atom is 0.352 e. The third kappa shape index (κ3) is 1.96. The van der Waals surface area contributed by atoms with E-state index in [1.807, 2.05) is 6.07 Å². The third-order valence-electron chi connectivity index (χ3n) is 5.04. The van der Waals surface area contributed by atoms with Gasteiger partial charge in [-0.25, -0.2) is 23.5 Å². The van der Waals surface area contributed by atoms with E-state index in [-0.39, 0.29) is 0 Å². The zero-order chi connectivity index (χ0) is 16.1. The quantitative estimate of drug-likeness (QED) is 0.786. The fourth-order valence-electron chi connectivity index (χ4n) is 3.91. The van der Waals surface area contributed by atoms with E-state index in [0.717, 1.165) is 17.4 Å². The number of nitrogens with zero attached hydrogens (tertiary/aromatic N) is 3. The van der Waals surface area contributed by atoms with Crippen LogP contribution in [0.4, 0.5) is 0 Å². The van der Waals surface area contributed by atoms with Crippen molar-refractivity contribution in [1.82, 2.24) is 13.9 Å². The Morgan fingerprint density at radius 1 is 0.826 bits per heavy atom. The molecule has 7 nitrogen and oxygen atoms in total. The molecule has 23 heavy (non-hydrogen) atoms. The van der Waals surface area contributed by atoms with Crippen molar-refractivity contribution in [3.63, 3.8) is 0 Å². The summed E-state index contributed by atoms with van der Waals surface area (Å²) in [5.74, 6) is 0. The highest BCUT2D eigenvalue weighted by Crippen LogP contribution is 2.36. The van der Waals surface area contributed by atoms with Gasteiger partial charge in [0.1, 0.15) is 12.2 Å². The smallest absolute Gasteiger partial charge is 0.352 e. The van der Waals surface area contributed by atoms with Gasteiger partial charge in [0.25, 0.3) is 0 Å². The number of aliphatic hydroxyl groups is 2. The molecule has 0 fully saturated rings. The van der Waals surface area contributed by atoms with Crippen molar-refractivity contribution in [2.24, 2.45) is 0 Å². The maximum atomic E-state index is 12.9. The second kappa shape index (κ2) is 5.21. The van der Waals surface area contributed by atoms with Crippen LogP contribution >= 0.6 is 0 Å². The van der Waals surface area contributed by atoms with E-state index in [1.54, 1.807) is 24.3 Å². The third-order valence-corrected chi connectivity index (χ3v) is 5.04. The van der Waals surface area contributed by atoms with Crippen molar-refractivity contribution < 1.29 is 10.2 Å². The molecule has 2 aromatic rings. The van der Waals surface area contributed by atoms with Crippen LogP contribution in [0.2, 0.25) is 0 Å². The van der Waals surface area contributed by atoms with Gasteiger partial charge in [-0.2, -0.15) is 0 Å². The monoisotopic (exact) mass is 317 g/mol. The van der Waals surface area contributed by atoms with Crippen LogP contribution in [0.5, 0.6) is 0 Å². The van der Waals surface area contributed by atoms with Gasteiger partial charge in [-0.3, -0.25) is 0 Å². The summed E-state index contributed by atoms with van der Waals surface area (Å²) in [6.07, 6.45) is 0.823. The largest absolute Gasteiger partial charge is 0.388 e. The molecule has 2 bridgehead atoms. The number of hydrogen-bond donors (Lipinski definition) is 2. The second-order valence-electron chi connectivity index (χ2n) is 6.33. The molecule has 4 atom stereocenters. The maximum absolute atomic E-state index is 12.9. The SMILES string of the molecule is O=c1n(-c2ccccc2)c(=O)n2n1C1CCCCC2[C@H](O)[C@@H]1O. The lowest BCUT2D eigenvalue weighted by Crippen LogP contribution is -2.53. The Kier molecular flexibility index (Phi) is 3.28. The minimum absolute atomic E-state index is 0.455. The fourth-order valence-corrected chi connectivity index (χ4v) is 3.91. The van der Waals surface area contributed by atoms with Crippen molar-refractivity contribution in [3.8, 4) is 5.69 Å². The molecule has 1 aromatic carbocycles. The topological polar surface area (TPSA) is 89.4 Å². The molecule has 0 saturated heterocycles. The highest BCUT2D eigenvalue weighted by atomic mass is 16.3. The average Bonchev–Trinajstić information content (AvgIpc) is 2.78. The molecule has 7 heteroatoms. The zero-order valence-corrected chi connectivity index (χ0v) is 12.6. The predicted molar refractivity (Wildman–Crippen MR) is 82.8 cm³/mol. The van der Waals surface area contributed by atoms with Crippen molar-refractivity contribution >= 4 is 0 Å². The van der Waals surface area contributed by atoms with Crippen LogP contribution < -0.4 is 11.4 Å². The summed E-state index contributed by atoms with van der Waals surface area (Å²) in [6.45, 7) is 0. The summed E-state index contributed by atoms with van der Waals surface area (Å²) in [4.78, 5) is 25.7. The van der Waals surface area contributed by atoms with Gasteiger partial charge in [-0.15, -0.1) is 0 Å². The molecule has 0 saturated carbocycles. The van der Waals surface area contributed by atoms with Crippen molar-refractivity contribution in [2.45, 2.75) is 50.0 Å². The molecule has 2 N–H and O–H groups in total. The Balaban J connectivity index is 2.02. The van der Waals surface area contributed by atoms with Gasteiger partial charge >= 0.3 is 11.4 Å². The molecule has 0 spiro atoms. The number of rotatable bonds is 1. The number of benzene rings is 1. The summed E-state index contributed by atoms with van der Waals surface area (Å²) in [5.41, 5.74) is -0.411.